The summed E-state index contributed by atoms with van der Waals surface area (Å²) in [5.41, 5.74) is -0.132. The van der Waals surface area contributed by atoms with E-state index in [4.69, 9.17) is 11.6 Å². The molecule has 2 aromatic rings. The van der Waals surface area contributed by atoms with E-state index in [1.165, 1.54) is 11.8 Å². The van der Waals surface area contributed by atoms with Gasteiger partial charge in [-0.1, -0.05) is 29.8 Å². The van der Waals surface area contributed by atoms with Crippen molar-refractivity contribution in [2.24, 2.45) is 0 Å². The molecular weight excluding hydrogens is 471 g/mol. The molecule has 0 radical (unpaired) electrons. The SMILES string of the molecule is CC(=O)N(C)Cc1ccccc1NC(=O)CCNS(=O)(=O)c1ccc(Cl)c(C(F)(F)F)c1. The summed E-state index contributed by atoms with van der Waals surface area (Å²) in [6, 6.07) is 9.03. The van der Waals surface area contributed by atoms with Crippen LogP contribution < -0.4 is 10.0 Å². The highest BCUT2D eigenvalue weighted by Crippen LogP contribution is 2.35. The van der Waals surface area contributed by atoms with Crippen LogP contribution in [0.2, 0.25) is 5.02 Å². The molecule has 2 aromatic carbocycles. The first-order chi connectivity index (χ1) is 14.8. The Bertz CT molecular complexity index is 1110. The van der Waals surface area contributed by atoms with E-state index in [0.29, 0.717) is 17.3 Å². The van der Waals surface area contributed by atoms with Gasteiger partial charge in [-0.05, 0) is 29.8 Å². The van der Waals surface area contributed by atoms with Crippen LogP contribution in [-0.2, 0) is 32.3 Å². The molecule has 0 saturated heterocycles. The van der Waals surface area contributed by atoms with Crippen LogP contribution in [0.5, 0.6) is 0 Å². The van der Waals surface area contributed by atoms with Crippen molar-refractivity contribution < 1.29 is 31.2 Å². The smallest absolute Gasteiger partial charge is 0.342 e. The summed E-state index contributed by atoms with van der Waals surface area (Å²) >= 11 is 5.51. The Kier molecular flexibility index (Phi) is 8.27. The van der Waals surface area contributed by atoms with Gasteiger partial charge in [0.25, 0.3) is 0 Å². The van der Waals surface area contributed by atoms with Crippen LogP contribution in [0.4, 0.5) is 18.9 Å². The van der Waals surface area contributed by atoms with Crippen molar-refractivity contribution in [3.8, 4) is 0 Å². The Hall–Kier alpha value is -2.63. The number of nitrogens with zero attached hydrogens (tertiary/aromatic N) is 1. The fraction of sp³-hybridized carbons (Fsp3) is 0.300. The minimum absolute atomic E-state index is 0.156. The number of carbonyl (C=O) groups excluding carboxylic acids is 2. The summed E-state index contributed by atoms with van der Waals surface area (Å²) in [5, 5.41) is 2.02. The Balaban J connectivity index is 2.01. The molecule has 0 spiro atoms. The van der Waals surface area contributed by atoms with Crippen LogP contribution in [-0.4, -0.2) is 38.7 Å². The third-order valence-electron chi connectivity index (χ3n) is 4.43. The molecule has 0 unspecified atom stereocenters. The van der Waals surface area contributed by atoms with Crippen LogP contribution in [0.25, 0.3) is 0 Å². The number of hydrogen-bond acceptors (Lipinski definition) is 4. The lowest BCUT2D eigenvalue weighted by atomic mass is 10.1. The molecule has 2 rings (SSSR count). The number of amides is 2. The fourth-order valence-corrected chi connectivity index (χ4v) is 3.91. The second-order valence-corrected chi connectivity index (χ2v) is 9.04. The molecule has 0 fully saturated rings. The summed E-state index contributed by atoms with van der Waals surface area (Å²) in [4.78, 5) is 24.5. The lowest BCUT2D eigenvalue weighted by Crippen LogP contribution is -2.28. The molecule has 174 valence electrons. The van der Waals surface area contributed by atoms with Gasteiger partial charge in [0.2, 0.25) is 21.8 Å². The number of para-hydroxylation sites is 1. The zero-order valence-corrected chi connectivity index (χ0v) is 18.7. The number of alkyl halides is 3. The largest absolute Gasteiger partial charge is 0.417 e. The zero-order chi connectivity index (χ0) is 24.1. The second kappa shape index (κ2) is 10.3. The number of sulfonamides is 1. The van der Waals surface area contributed by atoms with E-state index in [2.05, 4.69) is 10.0 Å². The Morgan fingerprint density at radius 1 is 1.12 bits per heavy atom. The Morgan fingerprint density at radius 3 is 2.41 bits per heavy atom. The summed E-state index contributed by atoms with van der Waals surface area (Å²) in [6.07, 6.45) is -5.08. The topological polar surface area (TPSA) is 95.6 Å². The molecule has 0 aliphatic rings. The van der Waals surface area contributed by atoms with E-state index in [1.54, 1.807) is 31.3 Å². The third kappa shape index (κ3) is 6.94. The zero-order valence-electron chi connectivity index (χ0n) is 17.2. The lowest BCUT2D eigenvalue weighted by Gasteiger charge is -2.18. The van der Waals surface area contributed by atoms with Crippen LogP contribution >= 0.6 is 11.6 Å². The summed E-state index contributed by atoms with van der Waals surface area (Å²) < 4.78 is 65.6. The van der Waals surface area contributed by atoms with Crippen molar-refractivity contribution in [2.75, 3.05) is 18.9 Å². The predicted molar refractivity (Wildman–Crippen MR) is 113 cm³/mol. The lowest BCUT2D eigenvalue weighted by molar-refractivity contribution is -0.137. The number of halogens is 4. The van der Waals surface area contributed by atoms with Gasteiger partial charge in [-0.2, -0.15) is 13.2 Å². The average molecular weight is 492 g/mol. The standard InChI is InChI=1S/C20H21ClF3N3O4S/c1-13(28)27(2)12-14-5-3-4-6-18(14)26-19(29)9-10-25-32(30,31)15-7-8-17(21)16(11-15)20(22,23)24/h3-8,11,25H,9-10,12H2,1-2H3,(H,26,29). The summed E-state index contributed by atoms with van der Waals surface area (Å²) in [6.45, 7) is 1.33. The van der Waals surface area contributed by atoms with E-state index in [-0.39, 0.29) is 25.4 Å². The first-order valence-corrected chi connectivity index (χ1v) is 11.1. The van der Waals surface area contributed by atoms with Gasteiger partial charge < -0.3 is 10.2 Å². The molecule has 2 N–H and O–H groups in total. The maximum absolute atomic E-state index is 13.0. The summed E-state index contributed by atoms with van der Waals surface area (Å²) in [7, 11) is -2.69. The highest BCUT2D eigenvalue weighted by Gasteiger charge is 2.34. The van der Waals surface area contributed by atoms with Crippen molar-refractivity contribution in [1.82, 2.24) is 9.62 Å². The number of rotatable bonds is 8. The third-order valence-corrected chi connectivity index (χ3v) is 6.22. The molecule has 0 aliphatic carbocycles. The Morgan fingerprint density at radius 2 is 1.78 bits per heavy atom. The predicted octanol–water partition coefficient (Wildman–Crippen LogP) is 3.64. The Labute approximate surface area is 188 Å². The van der Waals surface area contributed by atoms with Crippen LogP contribution in [0.3, 0.4) is 0 Å². The van der Waals surface area contributed by atoms with Crippen LogP contribution in [0.1, 0.15) is 24.5 Å². The summed E-state index contributed by atoms with van der Waals surface area (Å²) in [5.74, 6) is -0.672. The molecule has 0 aromatic heterocycles. The van der Waals surface area contributed by atoms with Crippen molar-refractivity contribution in [3.05, 3.63) is 58.6 Å². The van der Waals surface area contributed by atoms with Gasteiger partial charge >= 0.3 is 6.18 Å². The first-order valence-electron chi connectivity index (χ1n) is 9.27. The maximum atomic E-state index is 13.0. The highest BCUT2D eigenvalue weighted by atomic mass is 35.5. The van der Waals surface area contributed by atoms with E-state index in [1.807, 2.05) is 0 Å². The molecule has 0 heterocycles. The highest BCUT2D eigenvalue weighted by molar-refractivity contribution is 7.89. The molecule has 0 aliphatic heterocycles. The second-order valence-electron chi connectivity index (χ2n) is 6.87. The molecule has 0 saturated carbocycles. The number of benzene rings is 2. The number of nitrogens with one attached hydrogen (secondary N) is 2. The molecule has 7 nitrogen and oxygen atoms in total. The van der Waals surface area contributed by atoms with Gasteiger partial charge in [0.05, 0.1) is 15.5 Å². The van der Waals surface area contributed by atoms with Gasteiger partial charge in [0, 0.05) is 39.2 Å². The quantitative estimate of drug-likeness (QED) is 0.589. The van der Waals surface area contributed by atoms with Gasteiger partial charge in [-0.15, -0.1) is 0 Å². The van der Waals surface area contributed by atoms with Gasteiger partial charge in [0.15, 0.2) is 0 Å². The number of hydrogen-bond donors (Lipinski definition) is 2. The fourth-order valence-electron chi connectivity index (χ4n) is 2.63. The maximum Gasteiger partial charge on any atom is 0.417 e. The average Bonchev–Trinajstić information content (AvgIpc) is 2.68. The van der Waals surface area contributed by atoms with Crippen molar-refractivity contribution in [1.29, 1.82) is 0 Å². The molecule has 32 heavy (non-hydrogen) atoms. The van der Waals surface area contributed by atoms with Crippen LogP contribution in [0, 0.1) is 0 Å². The van der Waals surface area contributed by atoms with Crippen molar-refractivity contribution in [2.45, 2.75) is 31.0 Å². The minimum Gasteiger partial charge on any atom is -0.342 e. The van der Waals surface area contributed by atoms with Gasteiger partial charge in [-0.25, -0.2) is 13.1 Å². The van der Waals surface area contributed by atoms with Crippen molar-refractivity contribution >= 4 is 39.1 Å². The normalized spacial score (nSPS) is 11.8. The molecule has 0 atom stereocenters. The molecule has 12 heteroatoms. The van der Waals surface area contributed by atoms with Gasteiger partial charge in [-0.3, -0.25) is 9.59 Å². The van der Waals surface area contributed by atoms with Gasteiger partial charge in [0.1, 0.15) is 0 Å². The number of anilines is 1. The monoisotopic (exact) mass is 491 g/mol. The first kappa shape index (κ1) is 25.6. The van der Waals surface area contributed by atoms with E-state index >= 15 is 0 Å². The molecule has 0 bridgehead atoms. The van der Waals surface area contributed by atoms with E-state index < -0.39 is 37.6 Å². The molecule has 2 amide bonds. The minimum atomic E-state index is -4.81. The van der Waals surface area contributed by atoms with E-state index in [0.717, 1.165) is 12.1 Å². The molecular formula is C20H21ClF3N3O4S. The van der Waals surface area contributed by atoms with Crippen molar-refractivity contribution in [3.63, 3.8) is 0 Å². The van der Waals surface area contributed by atoms with E-state index in [9.17, 15) is 31.2 Å². The number of carbonyl (C=O) groups is 2. The van der Waals surface area contributed by atoms with Crippen LogP contribution in [0.15, 0.2) is 47.4 Å².